The second-order valence-corrected chi connectivity index (χ2v) is 5.14. The second kappa shape index (κ2) is 8.49. The zero-order valence-electron chi connectivity index (χ0n) is 14.3. The molecule has 2 aromatic rings. The van der Waals surface area contributed by atoms with Gasteiger partial charge in [0.15, 0.2) is 0 Å². The topological polar surface area (TPSA) is 91.8 Å². The molecule has 0 fully saturated rings. The first kappa shape index (κ1) is 18.0. The summed E-state index contributed by atoms with van der Waals surface area (Å²) in [5, 5.41) is 9.38. The number of nitrogens with zero attached hydrogens (tertiary/aromatic N) is 1. The average molecular weight is 340 g/mol. The van der Waals surface area contributed by atoms with Crippen molar-refractivity contribution in [3.63, 3.8) is 0 Å². The Labute approximate surface area is 146 Å². The summed E-state index contributed by atoms with van der Waals surface area (Å²) in [6, 6.07) is 13.3. The summed E-state index contributed by atoms with van der Waals surface area (Å²) >= 11 is 0. The van der Waals surface area contributed by atoms with Gasteiger partial charge in [-0.1, -0.05) is 30.3 Å². The number of ether oxygens (including phenoxy) is 1. The minimum Gasteiger partial charge on any atom is -0.495 e. The van der Waals surface area contributed by atoms with Crippen LogP contribution in [0.5, 0.6) is 5.75 Å². The highest BCUT2D eigenvalue weighted by atomic mass is 16.5. The molecule has 0 bridgehead atoms. The van der Waals surface area contributed by atoms with E-state index in [9.17, 15) is 9.59 Å². The predicted molar refractivity (Wildman–Crippen MR) is 97.3 cm³/mol. The molecule has 0 atom stereocenters. The number of hydrazone groups is 1. The number of hydrogen-bond acceptors (Lipinski definition) is 5. The van der Waals surface area contributed by atoms with Crippen molar-refractivity contribution in [2.45, 2.75) is 6.92 Å². The van der Waals surface area contributed by atoms with Crippen molar-refractivity contribution in [3.8, 4) is 5.75 Å². The molecule has 7 heteroatoms. The number of aryl methyl sites for hydroxylation is 1. The van der Waals surface area contributed by atoms with E-state index in [4.69, 9.17) is 4.74 Å². The van der Waals surface area contributed by atoms with Crippen LogP contribution in [0.4, 0.5) is 11.4 Å². The van der Waals surface area contributed by atoms with Crippen LogP contribution >= 0.6 is 0 Å². The Bertz CT molecular complexity index is 803. The number of methoxy groups -OCH3 is 1. The summed E-state index contributed by atoms with van der Waals surface area (Å²) in [5.41, 5.74) is 5.57. The van der Waals surface area contributed by atoms with Gasteiger partial charge in [-0.05, 0) is 24.6 Å². The molecule has 0 unspecified atom stereocenters. The molecular formula is C18H20N4O3. The van der Waals surface area contributed by atoms with Crippen molar-refractivity contribution in [2.24, 2.45) is 5.10 Å². The molecule has 0 spiro atoms. The van der Waals surface area contributed by atoms with Crippen LogP contribution in [0.1, 0.15) is 11.1 Å². The second-order valence-electron chi connectivity index (χ2n) is 5.14. The summed E-state index contributed by atoms with van der Waals surface area (Å²) < 4.78 is 5.41. The van der Waals surface area contributed by atoms with E-state index in [-0.39, 0.29) is 0 Å². The molecule has 3 N–H and O–H groups in total. The maximum atomic E-state index is 11.4. The van der Waals surface area contributed by atoms with E-state index in [0.29, 0.717) is 17.0 Å². The number of para-hydroxylation sites is 2. The average Bonchev–Trinajstić information content (AvgIpc) is 2.63. The molecular weight excluding hydrogens is 320 g/mol. The fourth-order valence-corrected chi connectivity index (χ4v) is 2.13. The SMILES string of the molecule is CNC(=O)C(=O)N/N=C\c1cccc(OC)c1Nc1ccccc1C. The zero-order valence-corrected chi connectivity index (χ0v) is 14.3. The number of hydrogen-bond donors (Lipinski definition) is 3. The number of amides is 2. The van der Waals surface area contributed by atoms with E-state index < -0.39 is 11.8 Å². The van der Waals surface area contributed by atoms with Crippen molar-refractivity contribution >= 4 is 29.4 Å². The van der Waals surface area contributed by atoms with Crippen molar-refractivity contribution in [1.29, 1.82) is 0 Å². The minimum absolute atomic E-state index is 0.629. The van der Waals surface area contributed by atoms with Gasteiger partial charge in [-0.3, -0.25) is 9.59 Å². The molecule has 0 heterocycles. The van der Waals surface area contributed by atoms with Crippen LogP contribution < -0.4 is 20.8 Å². The Morgan fingerprint density at radius 1 is 1.08 bits per heavy atom. The minimum atomic E-state index is -0.838. The van der Waals surface area contributed by atoms with Gasteiger partial charge in [-0.15, -0.1) is 0 Å². The number of carbonyl (C=O) groups excluding carboxylic acids is 2. The lowest BCUT2D eigenvalue weighted by Crippen LogP contribution is -2.35. The van der Waals surface area contributed by atoms with Crippen LogP contribution in [0.25, 0.3) is 0 Å². The predicted octanol–water partition coefficient (Wildman–Crippen LogP) is 1.94. The maximum absolute atomic E-state index is 11.4. The summed E-state index contributed by atoms with van der Waals surface area (Å²) in [4.78, 5) is 22.6. The van der Waals surface area contributed by atoms with E-state index in [0.717, 1.165) is 11.3 Å². The standard InChI is InChI=1S/C18H20N4O3/c1-12-7-4-5-9-14(12)21-16-13(8-6-10-15(16)25-3)11-20-22-18(24)17(23)19-2/h4-11,21H,1-3H3,(H,19,23)(H,22,24)/b20-11-. The highest BCUT2D eigenvalue weighted by molar-refractivity contribution is 6.35. The highest BCUT2D eigenvalue weighted by Crippen LogP contribution is 2.31. The van der Waals surface area contributed by atoms with Crippen LogP contribution in [0.15, 0.2) is 47.6 Å². The van der Waals surface area contributed by atoms with Crippen LogP contribution in [0.3, 0.4) is 0 Å². The van der Waals surface area contributed by atoms with Crippen LogP contribution in [-0.4, -0.2) is 32.2 Å². The lowest BCUT2D eigenvalue weighted by Gasteiger charge is -2.15. The van der Waals surface area contributed by atoms with Crippen molar-refractivity contribution in [3.05, 3.63) is 53.6 Å². The third-order valence-corrected chi connectivity index (χ3v) is 3.49. The third-order valence-electron chi connectivity index (χ3n) is 3.49. The van der Waals surface area contributed by atoms with Gasteiger partial charge in [0.2, 0.25) is 0 Å². The van der Waals surface area contributed by atoms with Gasteiger partial charge in [0.05, 0.1) is 19.0 Å². The first-order valence-corrected chi connectivity index (χ1v) is 7.61. The molecule has 0 aliphatic heterocycles. The fraction of sp³-hybridized carbons (Fsp3) is 0.167. The van der Waals surface area contributed by atoms with E-state index in [1.165, 1.54) is 13.3 Å². The number of benzene rings is 2. The molecule has 25 heavy (non-hydrogen) atoms. The molecule has 2 aromatic carbocycles. The van der Waals surface area contributed by atoms with Gasteiger partial charge >= 0.3 is 11.8 Å². The maximum Gasteiger partial charge on any atom is 0.329 e. The number of anilines is 2. The molecule has 0 aromatic heterocycles. The highest BCUT2D eigenvalue weighted by Gasteiger charge is 2.11. The van der Waals surface area contributed by atoms with Crippen molar-refractivity contribution < 1.29 is 14.3 Å². The molecule has 0 aliphatic carbocycles. The lowest BCUT2D eigenvalue weighted by atomic mass is 10.1. The smallest absolute Gasteiger partial charge is 0.329 e. The monoisotopic (exact) mass is 340 g/mol. The van der Waals surface area contributed by atoms with Gasteiger partial charge < -0.3 is 15.4 Å². The summed E-state index contributed by atoms with van der Waals surface area (Å²) in [7, 11) is 2.95. The number of rotatable bonds is 5. The normalized spacial score (nSPS) is 10.4. The van der Waals surface area contributed by atoms with Crippen molar-refractivity contribution in [2.75, 3.05) is 19.5 Å². The number of carbonyl (C=O) groups is 2. The van der Waals surface area contributed by atoms with Crippen molar-refractivity contribution in [1.82, 2.24) is 10.7 Å². The summed E-state index contributed by atoms with van der Waals surface area (Å²) in [6.45, 7) is 2.00. The quantitative estimate of drug-likeness (QED) is 0.441. The van der Waals surface area contributed by atoms with Gasteiger partial charge in [-0.25, -0.2) is 5.43 Å². The Morgan fingerprint density at radius 3 is 2.52 bits per heavy atom. The van der Waals surface area contributed by atoms with Crippen LogP contribution in [0.2, 0.25) is 0 Å². The Hall–Kier alpha value is -3.35. The fourth-order valence-electron chi connectivity index (χ4n) is 2.13. The van der Waals surface area contributed by atoms with Crippen LogP contribution in [0, 0.1) is 6.92 Å². The Balaban J connectivity index is 2.28. The van der Waals surface area contributed by atoms with Crippen LogP contribution in [-0.2, 0) is 9.59 Å². The van der Waals surface area contributed by atoms with Gasteiger partial charge in [0.1, 0.15) is 5.75 Å². The molecule has 2 amide bonds. The molecule has 0 radical (unpaired) electrons. The summed E-state index contributed by atoms with van der Waals surface area (Å²) in [6.07, 6.45) is 1.45. The first-order chi connectivity index (χ1) is 12.1. The van der Waals surface area contributed by atoms with E-state index in [1.807, 2.05) is 49.4 Å². The zero-order chi connectivity index (χ0) is 18.2. The molecule has 0 saturated carbocycles. The van der Waals surface area contributed by atoms with Gasteiger partial charge in [0.25, 0.3) is 0 Å². The Kier molecular flexibility index (Phi) is 6.11. The van der Waals surface area contributed by atoms with E-state index in [2.05, 4.69) is 21.2 Å². The number of nitrogens with one attached hydrogen (secondary N) is 3. The molecule has 0 aliphatic rings. The largest absolute Gasteiger partial charge is 0.495 e. The van der Waals surface area contributed by atoms with E-state index >= 15 is 0 Å². The molecule has 0 saturated heterocycles. The summed E-state index contributed by atoms with van der Waals surface area (Å²) in [5.74, 6) is -0.971. The lowest BCUT2D eigenvalue weighted by molar-refractivity contribution is -0.138. The first-order valence-electron chi connectivity index (χ1n) is 7.61. The van der Waals surface area contributed by atoms with Gasteiger partial charge in [-0.2, -0.15) is 5.10 Å². The number of likely N-dealkylation sites (N-methyl/N-ethyl adjacent to an activating group) is 1. The molecule has 2 rings (SSSR count). The molecule has 7 nitrogen and oxygen atoms in total. The van der Waals surface area contributed by atoms with Gasteiger partial charge in [0, 0.05) is 18.3 Å². The Morgan fingerprint density at radius 2 is 1.84 bits per heavy atom. The van der Waals surface area contributed by atoms with E-state index in [1.54, 1.807) is 7.11 Å². The third kappa shape index (κ3) is 4.57. The molecule has 130 valence electrons.